The molecule has 3 rings (SSSR count). The number of hydroxylamine groups is 1. The van der Waals surface area contributed by atoms with Crippen LogP contribution in [0.15, 0.2) is 30.3 Å². The molecule has 2 heterocycles. The van der Waals surface area contributed by atoms with E-state index < -0.39 is 5.91 Å². The Balaban J connectivity index is 1.89. The number of methoxy groups -OCH3 is 1. The molecular formula is C18H20N2O4S. The Morgan fingerprint density at radius 2 is 1.96 bits per heavy atom. The van der Waals surface area contributed by atoms with Crippen LogP contribution >= 0.6 is 11.3 Å². The molecule has 0 saturated heterocycles. The van der Waals surface area contributed by atoms with Gasteiger partial charge in [-0.3, -0.25) is 14.8 Å². The van der Waals surface area contributed by atoms with E-state index in [1.807, 2.05) is 0 Å². The van der Waals surface area contributed by atoms with Gasteiger partial charge in [0.2, 0.25) is 0 Å². The van der Waals surface area contributed by atoms with Gasteiger partial charge in [-0.15, -0.1) is 11.3 Å². The Hall–Kier alpha value is -2.38. The van der Waals surface area contributed by atoms with Gasteiger partial charge in [-0.05, 0) is 35.9 Å². The molecule has 6 nitrogen and oxygen atoms in total. The van der Waals surface area contributed by atoms with E-state index in [0.29, 0.717) is 29.3 Å². The summed E-state index contributed by atoms with van der Waals surface area (Å²) in [6, 6.07) is 8.79. The number of fused-ring (bicyclic) bond motifs is 1. The summed E-state index contributed by atoms with van der Waals surface area (Å²) < 4.78 is 5.13. The van der Waals surface area contributed by atoms with Gasteiger partial charge in [0.05, 0.1) is 12.0 Å². The molecule has 1 aliphatic rings. The SMILES string of the molecule is COc1ccc(C(=O)N2Cc3cc(C(=O)NO)sc3C(C)(C)C2)cc1. The maximum atomic E-state index is 12.9. The van der Waals surface area contributed by atoms with Crippen molar-refractivity contribution >= 4 is 23.2 Å². The average molecular weight is 360 g/mol. The minimum absolute atomic E-state index is 0.0549. The lowest BCUT2D eigenvalue weighted by Gasteiger charge is -2.38. The molecule has 132 valence electrons. The molecule has 1 aromatic heterocycles. The number of nitrogens with zero attached hydrogens (tertiary/aromatic N) is 1. The Kier molecular flexibility index (Phi) is 4.53. The molecule has 2 N–H and O–H groups in total. The van der Waals surface area contributed by atoms with E-state index in [0.717, 1.165) is 10.4 Å². The van der Waals surface area contributed by atoms with Gasteiger partial charge in [-0.25, -0.2) is 5.48 Å². The van der Waals surface area contributed by atoms with E-state index in [4.69, 9.17) is 9.94 Å². The standard InChI is InChI=1S/C18H20N2O4S/c1-18(2)10-20(17(22)11-4-6-13(24-3)7-5-11)9-12-8-14(16(21)19-23)25-15(12)18/h4-8,23H,9-10H2,1-3H3,(H,19,21). The van der Waals surface area contributed by atoms with Crippen LogP contribution in [0.4, 0.5) is 0 Å². The fraction of sp³-hybridized carbons (Fsp3) is 0.333. The second-order valence-electron chi connectivity index (χ2n) is 6.68. The van der Waals surface area contributed by atoms with Gasteiger partial charge in [-0.1, -0.05) is 13.8 Å². The summed E-state index contributed by atoms with van der Waals surface area (Å²) in [5, 5.41) is 8.84. The molecule has 1 aromatic carbocycles. The van der Waals surface area contributed by atoms with Crippen molar-refractivity contribution in [2.45, 2.75) is 25.8 Å². The highest BCUT2D eigenvalue weighted by Gasteiger charge is 2.36. The number of hydrogen-bond acceptors (Lipinski definition) is 5. The van der Waals surface area contributed by atoms with Crippen molar-refractivity contribution in [1.82, 2.24) is 10.4 Å². The predicted molar refractivity (Wildman–Crippen MR) is 94.3 cm³/mol. The first-order valence-corrected chi connectivity index (χ1v) is 8.68. The third-order valence-corrected chi connectivity index (χ3v) is 5.86. The quantitative estimate of drug-likeness (QED) is 0.652. The van der Waals surface area contributed by atoms with Crippen molar-refractivity contribution in [2.75, 3.05) is 13.7 Å². The third-order valence-electron chi connectivity index (χ3n) is 4.32. The number of ether oxygens (including phenoxy) is 1. The van der Waals surface area contributed by atoms with Gasteiger partial charge >= 0.3 is 0 Å². The topological polar surface area (TPSA) is 78.9 Å². The van der Waals surface area contributed by atoms with Crippen LogP contribution in [-0.4, -0.2) is 35.6 Å². The molecular weight excluding hydrogens is 340 g/mol. The summed E-state index contributed by atoms with van der Waals surface area (Å²) >= 11 is 1.36. The van der Waals surface area contributed by atoms with E-state index in [-0.39, 0.29) is 11.3 Å². The van der Waals surface area contributed by atoms with E-state index in [1.165, 1.54) is 11.3 Å². The van der Waals surface area contributed by atoms with Crippen molar-refractivity contribution in [3.05, 3.63) is 51.2 Å². The van der Waals surface area contributed by atoms with Crippen LogP contribution in [0.25, 0.3) is 0 Å². The molecule has 0 spiro atoms. The van der Waals surface area contributed by atoms with Crippen LogP contribution in [0.3, 0.4) is 0 Å². The molecule has 1 aliphatic heterocycles. The molecule has 0 radical (unpaired) electrons. The monoisotopic (exact) mass is 360 g/mol. The normalized spacial score (nSPS) is 15.4. The number of carbonyl (C=O) groups excluding carboxylic acids is 2. The van der Waals surface area contributed by atoms with E-state index in [2.05, 4.69) is 13.8 Å². The minimum Gasteiger partial charge on any atom is -0.497 e. The second kappa shape index (κ2) is 6.50. The Morgan fingerprint density at radius 1 is 1.28 bits per heavy atom. The van der Waals surface area contributed by atoms with Gasteiger partial charge < -0.3 is 9.64 Å². The number of amides is 2. The minimum atomic E-state index is -0.525. The highest BCUT2D eigenvalue weighted by atomic mass is 32.1. The molecule has 0 unspecified atom stereocenters. The molecule has 0 atom stereocenters. The van der Waals surface area contributed by atoms with Crippen LogP contribution < -0.4 is 10.2 Å². The average Bonchev–Trinajstić information content (AvgIpc) is 3.05. The molecule has 2 aromatic rings. The van der Waals surface area contributed by atoms with Crippen LogP contribution in [0.5, 0.6) is 5.75 Å². The maximum Gasteiger partial charge on any atom is 0.284 e. The summed E-state index contributed by atoms with van der Waals surface area (Å²) in [6.45, 7) is 5.11. The highest BCUT2D eigenvalue weighted by Crippen LogP contribution is 2.39. The van der Waals surface area contributed by atoms with Gasteiger partial charge in [0.25, 0.3) is 11.8 Å². The molecule has 2 amide bonds. The number of carbonyl (C=O) groups is 2. The summed E-state index contributed by atoms with van der Waals surface area (Å²) in [6.07, 6.45) is 0. The van der Waals surface area contributed by atoms with Crippen LogP contribution in [0, 0.1) is 0 Å². The van der Waals surface area contributed by atoms with Gasteiger partial charge in [0.1, 0.15) is 5.75 Å². The number of nitrogens with one attached hydrogen (secondary N) is 1. The molecule has 0 bridgehead atoms. The van der Waals surface area contributed by atoms with Crippen molar-refractivity contribution in [1.29, 1.82) is 0 Å². The van der Waals surface area contributed by atoms with E-state index >= 15 is 0 Å². The highest BCUT2D eigenvalue weighted by molar-refractivity contribution is 7.14. The van der Waals surface area contributed by atoms with Crippen molar-refractivity contribution in [3.8, 4) is 5.75 Å². The van der Waals surface area contributed by atoms with Gasteiger partial charge in [0.15, 0.2) is 0 Å². The van der Waals surface area contributed by atoms with E-state index in [9.17, 15) is 9.59 Å². The Bertz CT molecular complexity index is 811. The lowest BCUT2D eigenvalue weighted by atomic mass is 9.85. The smallest absolute Gasteiger partial charge is 0.284 e. The zero-order valence-corrected chi connectivity index (χ0v) is 15.1. The second-order valence-corrected chi connectivity index (χ2v) is 7.73. The number of benzene rings is 1. The van der Waals surface area contributed by atoms with Crippen LogP contribution in [0.1, 0.15) is 44.3 Å². The molecule has 7 heteroatoms. The Labute approximate surface area is 150 Å². The zero-order chi connectivity index (χ0) is 18.2. The summed E-state index contributed by atoms with van der Waals surface area (Å²) in [5.74, 6) is 0.124. The van der Waals surface area contributed by atoms with E-state index in [1.54, 1.807) is 47.8 Å². The van der Waals surface area contributed by atoms with Crippen LogP contribution in [0.2, 0.25) is 0 Å². The largest absolute Gasteiger partial charge is 0.497 e. The van der Waals surface area contributed by atoms with Crippen molar-refractivity contribution < 1.29 is 19.5 Å². The molecule has 25 heavy (non-hydrogen) atoms. The number of rotatable bonds is 3. The molecule has 0 fully saturated rings. The number of thiophene rings is 1. The first kappa shape index (κ1) is 17.4. The first-order chi connectivity index (χ1) is 11.9. The maximum absolute atomic E-state index is 12.9. The van der Waals surface area contributed by atoms with Gasteiger partial charge in [0, 0.05) is 28.9 Å². The Morgan fingerprint density at radius 3 is 2.56 bits per heavy atom. The van der Waals surface area contributed by atoms with Crippen molar-refractivity contribution in [2.24, 2.45) is 0 Å². The fourth-order valence-electron chi connectivity index (χ4n) is 3.16. The summed E-state index contributed by atoms with van der Waals surface area (Å²) in [4.78, 5) is 27.9. The number of hydrogen-bond donors (Lipinski definition) is 2. The lowest BCUT2D eigenvalue weighted by Crippen LogP contribution is -2.44. The van der Waals surface area contributed by atoms with Crippen molar-refractivity contribution in [3.63, 3.8) is 0 Å². The van der Waals surface area contributed by atoms with Crippen LogP contribution in [-0.2, 0) is 12.0 Å². The molecule has 0 saturated carbocycles. The fourth-order valence-corrected chi connectivity index (χ4v) is 4.31. The van der Waals surface area contributed by atoms with Gasteiger partial charge in [-0.2, -0.15) is 0 Å². The first-order valence-electron chi connectivity index (χ1n) is 7.86. The summed E-state index contributed by atoms with van der Waals surface area (Å²) in [5.41, 5.74) is 2.94. The lowest BCUT2D eigenvalue weighted by molar-refractivity contribution is 0.0689. The predicted octanol–water partition coefficient (Wildman–Crippen LogP) is 2.81. The summed E-state index contributed by atoms with van der Waals surface area (Å²) in [7, 11) is 1.59. The molecule has 0 aliphatic carbocycles. The third kappa shape index (κ3) is 3.25. The zero-order valence-electron chi connectivity index (χ0n) is 14.3.